The fraction of sp³-hybridized carbons (Fsp3) is 0.417. The molecule has 0 atom stereocenters. The Morgan fingerprint density at radius 1 is 1.53 bits per heavy atom. The third-order valence-corrected chi connectivity index (χ3v) is 3.65. The number of nitrogen functional groups attached to an aromatic ring is 1. The van der Waals surface area contributed by atoms with Crippen molar-refractivity contribution >= 4 is 22.8 Å². The van der Waals surface area contributed by atoms with Crippen molar-refractivity contribution in [2.75, 3.05) is 17.6 Å². The van der Waals surface area contributed by atoms with Gasteiger partial charge in [-0.3, -0.25) is 0 Å². The number of aryl methyl sites for hydroxylation is 2. The van der Waals surface area contributed by atoms with Gasteiger partial charge in [-0.2, -0.15) is 5.10 Å². The summed E-state index contributed by atoms with van der Waals surface area (Å²) in [6, 6.07) is 4.23. The summed E-state index contributed by atoms with van der Waals surface area (Å²) in [7, 11) is 0. The maximum Gasteiger partial charge on any atom is 0.148 e. The molecule has 17 heavy (non-hydrogen) atoms. The Labute approximate surface area is 105 Å². The first-order valence-corrected chi connectivity index (χ1v) is 6.69. The van der Waals surface area contributed by atoms with Crippen LogP contribution in [0.4, 0.5) is 11.5 Å². The van der Waals surface area contributed by atoms with Crippen LogP contribution in [0.2, 0.25) is 0 Å². The van der Waals surface area contributed by atoms with E-state index in [-0.39, 0.29) is 0 Å². The van der Waals surface area contributed by atoms with E-state index in [1.807, 2.05) is 11.6 Å². The van der Waals surface area contributed by atoms with Gasteiger partial charge in [0.1, 0.15) is 5.82 Å². The maximum absolute atomic E-state index is 6.00. The van der Waals surface area contributed by atoms with Crippen LogP contribution >= 0.6 is 11.3 Å². The molecule has 0 radical (unpaired) electrons. The van der Waals surface area contributed by atoms with E-state index < -0.39 is 0 Å². The number of hydrogen-bond donors (Lipinski definition) is 2. The van der Waals surface area contributed by atoms with E-state index in [1.165, 1.54) is 4.88 Å². The van der Waals surface area contributed by atoms with Gasteiger partial charge in [0.25, 0.3) is 0 Å². The van der Waals surface area contributed by atoms with E-state index in [1.54, 1.807) is 11.3 Å². The molecule has 0 amide bonds. The quantitative estimate of drug-likeness (QED) is 0.857. The molecule has 3 N–H and O–H groups in total. The zero-order valence-electron chi connectivity index (χ0n) is 10.2. The summed E-state index contributed by atoms with van der Waals surface area (Å²) in [6.07, 6.45) is 1.02. The molecule has 0 aliphatic heterocycles. The van der Waals surface area contributed by atoms with E-state index in [0.29, 0.717) is 0 Å². The lowest BCUT2D eigenvalue weighted by Gasteiger charge is -2.08. The standard InChI is InChI=1S/C12H18N4S/c1-3-16-12(11(13)9(2)15-16)14-7-6-10-5-4-8-17-10/h4-5,8,14H,3,6-7,13H2,1-2H3. The number of anilines is 2. The first kappa shape index (κ1) is 12.0. The zero-order chi connectivity index (χ0) is 12.3. The van der Waals surface area contributed by atoms with Crippen LogP contribution in [0.15, 0.2) is 17.5 Å². The number of nitrogens with zero attached hydrogens (tertiary/aromatic N) is 2. The normalized spacial score (nSPS) is 10.7. The van der Waals surface area contributed by atoms with Crippen LogP contribution < -0.4 is 11.1 Å². The molecular formula is C12H18N4S. The summed E-state index contributed by atoms with van der Waals surface area (Å²) in [5.74, 6) is 0.946. The van der Waals surface area contributed by atoms with Gasteiger partial charge in [-0.15, -0.1) is 11.3 Å². The predicted molar refractivity (Wildman–Crippen MR) is 73.6 cm³/mol. The zero-order valence-corrected chi connectivity index (χ0v) is 11.0. The Bertz CT molecular complexity index is 473. The van der Waals surface area contributed by atoms with Crippen molar-refractivity contribution < 1.29 is 0 Å². The summed E-state index contributed by atoms with van der Waals surface area (Å²) in [5, 5.41) is 9.85. The Morgan fingerprint density at radius 2 is 2.35 bits per heavy atom. The molecule has 2 heterocycles. The molecule has 0 unspecified atom stereocenters. The molecule has 0 bridgehead atoms. The molecule has 0 spiro atoms. The van der Waals surface area contributed by atoms with Crippen LogP contribution in [0.1, 0.15) is 17.5 Å². The van der Waals surface area contributed by atoms with Crippen molar-refractivity contribution in [2.24, 2.45) is 0 Å². The number of rotatable bonds is 5. The molecule has 0 aromatic carbocycles. The molecule has 0 aliphatic carbocycles. The minimum atomic E-state index is 0.762. The van der Waals surface area contributed by atoms with Gasteiger partial charge in [0.2, 0.25) is 0 Å². The van der Waals surface area contributed by atoms with E-state index in [9.17, 15) is 0 Å². The van der Waals surface area contributed by atoms with Gasteiger partial charge in [0, 0.05) is 18.0 Å². The SMILES string of the molecule is CCn1nc(C)c(N)c1NCCc1cccs1. The maximum atomic E-state index is 6.00. The van der Waals surface area contributed by atoms with Gasteiger partial charge >= 0.3 is 0 Å². The average Bonchev–Trinajstić information content (AvgIpc) is 2.92. The van der Waals surface area contributed by atoms with Gasteiger partial charge in [-0.05, 0) is 31.7 Å². The lowest BCUT2D eigenvalue weighted by atomic mass is 10.3. The molecule has 2 aromatic heterocycles. The van der Waals surface area contributed by atoms with Gasteiger partial charge in [-0.1, -0.05) is 6.07 Å². The summed E-state index contributed by atoms with van der Waals surface area (Å²) in [4.78, 5) is 1.38. The number of hydrogen-bond acceptors (Lipinski definition) is 4. The predicted octanol–water partition coefficient (Wildman–Crippen LogP) is 2.51. The lowest BCUT2D eigenvalue weighted by molar-refractivity contribution is 0.657. The second kappa shape index (κ2) is 5.23. The third-order valence-electron chi connectivity index (χ3n) is 2.72. The molecule has 0 saturated carbocycles. The summed E-state index contributed by atoms with van der Waals surface area (Å²) >= 11 is 1.78. The van der Waals surface area contributed by atoms with Gasteiger partial charge in [-0.25, -0.2) is 4.68 Å². The molecule has 2 rings (SSSR count). The molecule has 2 aromatic rings. The van der Waals surface area contributed by atoms with Crippen molar-refractivity contribution in [3.63, 3.8) is 0 Å². The van der Waals surface area contributed by atoms with Gasteiger partial charge in [0.15, 0.2) is 0 Å². The second-order valence-corrected chi connectivity index (χ2v) is 4.95. The van der Waals surface area contributed by atoms with Crippen molar-refractivity contribution in [3.05, 3.63) is 28.1 Å². The Hall–Kier alpha value is -1.49. The van der Waals surface area contributed by atoms with E-state index in [0.717, 1.165) is 36.7 Å². The van der Waals surface area contributed by atoms with Crippen LogP contribution in [0.25, 0.3) is 0 Å². The van der Waals surface area contributed by atoms with Crippen LogP contribution in [-0.2, 0) is 13.0 Å². The number of nitrogens with one attached hydrogen (secondary N) is 1. The highest BCUT2D eigenvalue weighted by Gasteiger charge is 2.10. The minimum Gasteiger partial charge on any atom is -0.394 e. The second-order valence-electron chi connectivity index (χ2n) is 3.92. The summed E-state index contributed by atoms with van der Waals surface area (Å²) < 4.78 is 1.92. The van der Waals surface area contributed by atoms with Crippen molar-refractivity contribution in [1.82, 2.24) is 9.78 Å². The van der Waals surface area contributed by atoms with Gasteiger partial charge in [0.05, 0.1) is 11.4 Å². The van der Waals surface area contributed by atoms with Gasteiger partial charge < -0.3 is 11.1 Å². The molecule has 5 heteroatoms. The highest BCUT2D eigenvalue weighted by Crippen LogP contribution is 2.22. The van der Waals surface area contributed by atoms with Crippen LogP contribution in [0, 0.1) is 6.92 Å². The summed E-state index contributed by atoms with van der Waals surface area (Å²) in [6.45, 7) is 5.72. The average molecular weight is 250 g/mol. The monoisotopic (exact) mass is 250 g/mol. The van der Waals surface area contributed by atoms with Crippen LogP contribution in [-0.4, -0.2) is 16.3 Å². The number of nitrogens with two attached hydrogens (primary N) is 1. The molecular weight excluding hydrogens is 232 g/mol. The topological polar surface area (TPSA) is 55.9 Å². The first-order chi connectivity index (χ1) is 8.22. The lowest BCUT2D eigenvalue weighted by Crippen LogP contribution is -2.10. The van der Waals surface area contributed by atoms with E-state index in [4.69, 9.17) is 5.73 Å². The fourth-order valence-corrected chi connectivity index (χ4v) is 2.48. The minimum absolute atomic E-state index is 0.762. The Kier molecular flexibility index (Phi) is 3.68. The van der Waals surface area contributed by atoms with Crippen molar-refractivity contribution in [2.45, 2.75) is 26.8 Å². The smallest absolute Gasteiger partial charge is 0.148 e. The van der Waals surface area contributed by atoms with E-state index in [2.05, 4.69) is 34.9 Å². The molecule has 0 fully saturated rings. The van der Waals surface area contributed by atoms with Crippen molar-refractivity contribution in [1.29, 1.82) is 0 Å². The largest absolute Gasteiger partial charge is 0.394 e. The molecule has 0 saturated heterocycles. The van der Waals surface area contributed by atoms with E-state index >= 15 is 0 Å². The molecule has 4 nitrogen and oxygen atoms in total. The third kappa shape index (κ3) is 2.61. The highest BCUT2D eigenvalue weighted by molar-refractivity contribution is 7.09. The fourth-order valence-electron chi connectivity index (χ4n) is 1.77. The highest BCUT2D eigenvalue weighted by atomic mass is 32.1. The number of aromatic nitrogens is 2. The Morgan fingerprint density at radius 3 is 3.00 bits per heavy atom. The first-order valence-electron chi connectivity index (χ1n) is 5.81. The van der Waals surface area contributed by atoms with Crippen LogP contribution in [0.3, 0.4) is 0 Å². The summed E-state index contributed by atoms with van der Waals surface area (Å²) in [5.41, 5.74) is 7.65. The molecule has 92 valence electrons. The Balaban J connectivity index is 1.98. The number of thiophene rings is 1. The van der Waals surface area contributed by atoms with Crippen molar-refractivity contribution in [3.8, 4) is 0 Å². The molecule has 0 aliphatic rings. The van der Waals surface area contributed by atoms with Crippen LogP contribution in [0.5, 0.6) is 0 Å².